The van der Waals surface area contributed by atoms with E-state index < -0.39 is 10.0 Å². The van der Waals surface area contributed by atoms with Gasteiger partial charge in [-0.3, -0.25) is 14.8 Å². The molecular weight excluding hydrogens is 396 g/mol. The fourth-order valence-electron chi connectivity index (χ4n) is 3.00. The molecule has 0 bridgehead atoms. The molecule has 7 nitrogen and oxygen atoms in total. The smallest absolute Gasteiger partial charge is 0.228 e. The molecule has 9 heteroatoms. The van der Waals surface area contributed by atoms with Crippen molar-refractivity contribution in [3.8, 4) is 11.1 Å². The lowest BCUT2D eigenvalue weighted by Gasteiger charge is -2.16. The van der Waals surface area contributed by atoms with Gasteiger partial charge in [0.25, 0.3) is 0 Å². The van der Waals surface area contributed by atoms with Gasteiger partial charge in [-0.1, -0.05) is 28.1 Å². The molecule has 1 atom stereocenters. The first kappa shape index (κ1) is 17.1. The summed E-state index contributed by atoms with van der Waals surface area (Å²) in [5.74, 6) is -0.140. The molecular formula is C15H17BrN4O3S. The van der Waals surface area contributed by atoms with Crippen LogP contribution < -0.4 is 10.0 Å². The number of hydrogen-bond acceptors (Lipinski definition) is 4. The third kappa shape index (κ3) is 3.52. The van der Waals surface area contributed by atoms with Gasteiger partial charge in [0.15, 0.2) is 5.82 Å². The lowest BCUT2D eigenvalue weighted by Crippen LogP contribution is -2.28. The third-order valence-corrected chi connectivity index (χ3v) is 5.45. The molecule has 1 saturated heterocycles. The van der Waals surface area contributed by atoms with Gasteiger partial charge in [0, 0.05) is 34.6 Å². The zero-order valence-corrected chi connectivity index (χ0v) is 15.4. The molecule has 1 aromatic heterocycles. The summed E-state index contributed by atoms with van der Waals surface area (Å²) >= 11 is 3.40. The van der Waals surface area contributed by atoms with E-state index in [0.717, 1.165) is 21.3 Å². The lowest BCUT2D eigenvalue weighted by atomic mass is 10.1. The van der Waals surface area contributed by atoms with Crippen molar-refractivity contribution in [2.75, 3.05) is 17.2 Å². The predicted molar refractivity (Wildman–Crippen MR) is 94.9 cm³/mol. The van der Waals surface area contributed by atoms with E-state index in [2.05, 4.69) is 26.1 Å². The summed E-state index contributed by atoms with van der Waals surface area (Å²) in [6.07, 6.45) is 0.155. The minimum absolute atomic E-state index is 0.145. The molecule has 1 amide bonds. The molecule has 128 valence electrons. The molecule has 3 N–H and O–H groups in total. The highest BCUT2D eigenvalue weighted by molar-refractivity contribution is 9.10. The molecule has 3 rings (SSSR count). The van der Waals surface area contributed by atoms with E-state index in [-0.39, 0.29) is 24.0 Å². The third-order valence-electron chi connectivity index (χ3n) is 3.99. The number of carbonyl (C=O) groups excluding carboxylic acids is 1. The van der Waals surface area contributed by atoms with Crippen LogP contribution in [0.3, 0.4) is 0 Å². The number of halogens is 1. The fourth-order valence-corrected chi connectivity index (χ4v) is 4.14. The number of carbonyl (C=O) groups is 1. The summed E-state index contributed by atoms with van der Waals surface area (Å²) in [7, 11) is -3.61. The van der Waals surface area contributed by atoms with Gasteiger partial charge in [-0.25, -0.2) is 13.6 Å². The van der Waals surface area contributed by atoms with Gasteiger partial charge in [0.05, 0.1) is 5.75 Å². The number of hydrogen-bond donors (Lipinski definition) is 2. The number of nitrogens with one attached hydrogen (secondary N) is 1. The first-order valence-electron chi connectivity index (χ1n) is 7.36. The largest absolute Gasteiger partial charge is 0.294 e. The first-order chi connectivity index (χ1) is 11.2. The second-order valence-corrected chi connectivity index (χ2v) is 8.53. The first-order valence-corrected chi connectivity index (χ1v) is 9.87. The Bertz CT molecular complexity index is 877. The minimum atomic E-state index is -3.61. The van der Waals surface area contributed by atoms with E-state index in [4.69, 9.17) is 5.14 Å². The van der Waals surface area contributed by atoms with Crippen LogP contribution in [0.1, 0.15) is 12.1 Å². The molecule has 0 aliphatic carbocycles. The Hall–Kier alpha value is -1.71. The van der Waals surface area contributed by atoms with Crippen LogP contribution in [-0.4, -0.2) is 36.8 Å². The average Bonchev–Trinajstić information content (AvgIpc) is 3.01. The minimum Gasteiger partial charge on any atom is -0.294 e. The van der Waals surface area contributed by atoms with Crippen LogP contribution in [0.5, 0.6) is 0 Å². The molecule has 0 radical (unpaired) electrons. The number of aryl methyl sites for hydroxylation is 1. The maximum Gasteiger partial charge on any atom is 0.228 e. The van der Waals surface area contributed by atoms with Crippen molar-refractivity contribution in [3.63, 3.8) is 0 Å². The highest BCUT2D eigenvalue weighted by atomic mass is 79.9. The van der Waals surface area contributed by atoms with Crippen molar-refractivity contribution in [3.05, 3.63) is 34.4 Å². The summed E-state index contributed by atoms with van der Waals surface area (Å²) < 4.78 is 23.5. The van der Waals surface area contributed by atoms with Gasteiger partial charge < -0.3 is 0 Å². The molecule has 1 aliphatic rings. The van der Waals surface area contributed by atoms with E-state index in [1.807, 2.05) is 31.2 Å². The summed E-state index contributed by atoms with van der Waals surface area (Å²) in [5, 5.41) is 12.3. The summed E-state index contributed by atoms with van der Waals surface area (Å²) in [5.41, 5.74) is 2.62. The molecule has 0 spiro atoms. The predicted octanol–water partition coefficient (Wildman–Crippen LogP) is 1.79. The summed E-state index contributed by atoms with van der Waals surface area (Å²) in [6, 6.07) is 7.71. The number of nitrogens with zero attached hydrogens (tertiary/aromatic N) is 2. The van der Waals surface area contributed by atoms with Crippen LogP contribution in [0.25, 0.3) is 11.1 Å². The van der Waals surface area contributed by atoms with E-state index in [1.54, 1.807) is 0 Å². The fraction of sp³-hybridized carbons (Fsp3) is 0.333. The summed E-state index contributed by atoms with van der Waals surface area (Å²) in [6.45, 7) is 2.18. The Morgan fingerprint density at radius 1 is 1.38 bits per heavy atom. The van der Waals surface area contributed by atoms with Crippen LogP contribution in [0, 0.1) is 12.8 Å². The number of amides is 1. The maximum atomic E-state index is 12.3. The highest BCUT2D eigenvalue weighted by Crippen LogP contribution is 2.35. The number of sulfonamides is 1. The van der Waals surface area contributed by atoms with Crippen molar-refractivity contribution in [1.29, 1.82) is 0 Å². The molecule has 1 unspecified atom stereocenters. The topological polar surface area (TPSA) is 109 Å². The number of nitrogens with two attached hydrogens (primary N) is 1. The Kier molecular flexibility index (Phi) is 4.50. The van der Waals surface area contributed by atoms with Crippen molar-refractivity contribution in [1.82, 2.24) is 10.2 Å². The highest BCUT2D eigenvalue weighted by Gasteiger charge is 2.35. The summed E-state index contributed by atoms with van der Waals surface area (Å²) in [4.78, 5) is 13.9. The van der Waals surface area contributed by atoms with Gasteiger partial charge in [0.2, 0.25) is 15.9 Å². The monoisotopic (exact) mass is 412 g/mol. The van der Waals surface area contributed by atoms with Crippen LogP contribution in [0.15, 0.2) is 28.7 Å². The Morgan fingerprint density at radius 2 is 2.04 bits per heavy atom. The van der Waals surface area contributed by atoms with Crippen LogP contribution in [0.2, 0.25) is 0 Å². The molecule has 1 aliphatic heterocycles. The zero-order valence-electron chi connectivity index (χ0n) is 13.0. The Labute approximate surface area is 148 Å². The van der Waals surface area contributed by atoms with Crippen LogP contribution in [-0.2, 0) is 14.8 Å². The van der Waals surface area contributed by atoms with Gasteiger partial charge in [-0.15, -0.1) is 0 Å². The Balaban J connectivity index is 1.93. The van der Waals surface area contributed by atoms with Gasteiger partial charge in [-0.2, -0.15) is 5.10 Å². The standard InChI is InChI=1S/C15H17BrN4O3S/c1-9-14(11-2-4-12(16)5-3-11)15(19-18-9)20-7-10(6-13(20)21)8-24(17,22)23/h2-5,10H,6-8H2,1H3,(H,18,19)(H2,17,22,23). The molecule has 2 aromatic rings. The number of rotatable bonds is 4. The van der Waals surface area contributed by atoms with E-state index in [1.165, 1.54) is 4.90 Å². The maximum absolute atomic E-state index is 12.3. The molecule has 1 aromatic carbocycles. The normalized spacial score (nSPS) is 18.4. The number of aromatic nitrogens is 2. The van der Waals surface area contributed by atoms with Crippen LogP contribution >= 0.6 is 15.9 Å². The molecule has 1 fully saturated rings. The molecule has 0 saturated carbocycles. The van der Waals surface area contributed by atoms with Crippen molar-refractivity contribution >= 4 is 37.7 Å². The van der Waals surface area contributed by atoms with Gasteiger partial charge in [0.1, 0.15) is 0 Å². The number of H-pyrrole nitrogens is 1. The quantitative estimate of drug-likeness (QED) is 0.797. The molecule has 2 heterocycles. The van der Waals surface area contributed by atoms with E-state index >= 15 is 0 Å². The average molecular weight is 413 g/mol. The van der Waals surface area contributed by atoms with Gasteiger partial charge in [-0.05, 0) is 24.6 Å². The second-order valence-electron chi connectivity index (χ2n) is 5.96. The van der Waals surface area contributed by atoms with Crippen molar-refractivity contribution in [2.45, 2.75) is 13.3 Å². The van der Waals surface area contributed by atoms with Crippen molar-refractivity contribution < 1.29 is 13.2 Å². The second kappa shape index (κ2) is 6.30. The number of benzene rings is 1. The van der Waals surface area contributed by atoms with Crippen LogP contribution in [0.4, 0.5) is 5.82 Å². The number of aromatic amines is 1. The van der Waals surface area contributed by atoms with Crippen molar-refractivity contribution in [2.24, 2.45) is 11.1 Å². The van der Waals surface area contributed by atoms with E-state index in [0.29, 0.717) is 12.4 Å². The lowest BCUT2D eigenvalue weighted by molar-refractivity contribution is -0.117. The number of anilines is 1. The Morgan fingerprint density at radius 3 is 2.67 bits per heavy atom. The van der Waals surface area contributed by atoms with E-state index in [9.17, 15) is 13.2 Å². The van der Waals surface area contributed by atoms with Gasteiger partial charge >= 0.3 is 0 Å². The zero-order chi connectivity index (χ0) is 17.5. The number of primary sulfonamides is 1. The molecule has 24 heavy (non-hydrogen) atoms. The SMILES string of the molecule is Cc1[nH]nc(N2CC(CS(N)(=O)=O)CC2=O)c1-c1ccc(Br)cc1.